The van der Waals surface area contributed by atoms with Crippen molar-refractivity contribution >= 4 is 11.6 Å². The summed E-state index contributed by atoms with van der Waals surface area (Å²) in [4.78, 5) is 16.7. The Morgan fingerprint density at radius 1 is 1.28 bits per heavy atom. The van der Waals surface area contributed by atoms with Crippen LogP contribution < -0.4 is 10.1 Å². The minimum Gasteiger partial charge on any atom is -0.461 e. The van der Waals surface area contributed by atoms with Crippen LogP contribution in [0.2, 0.25) is 0 Å². The van der Waals surface area contributed by atoms with Crippen molar-refractivity contribution in [1.29, 1.82) is 0 Å². The maximum absolute atomic E-state index is 12.3. The lowest BCUT2D eigenvalue weighted by atomic mass is 9.85. The lowest BCUT2D eigenvalue weighted by molar-refractivity contribution is -0.122. The summed E-state index contributed by atoms with van der Waals surface area (Å²) >= 11 is 0. The predicted molar refractivity (Wildman–Crippen MR) is 107 cm³/mol. The summed E-state index contributed by atoms with van der Waals surface area (Å²) in [5, 5.41) is 7.46. The lowest BCUT2D eigenvalue weighted by Gasteiger charge is -2.24. The molecule has 1 saturated carbocycles. The average Bonchev–Trinajstić information content (AvgIpc) is 3.33. The summed E-state index contributed by atoms with van der Waals surface area (Å²) in [6, 6.07) is 11.3. The number of benzene rings is 1. The van der Waals surface area contributed by atoms with Gasteiger partial charge in [0.25, 0.3) is 0 Å². The minimum absolute atomic E-state index is 0.0678. The quantitative estimate of drug-likeness (QED) is 0.555. The Hall–Kier alpha value is -3.13. The van der Waals surface area contributed by atoms with Gasteiger partial charge in [0.05, 0.1) is 18.6 Å². The van der Waals surface area contributed by atoms with Crippen LogP contribution in [-0.4, -0.2) is 40.5 Å². The van der Waals surface area contributed by atoms with Crippen molar-refractivity contribution < 1.29 is 18.7 Å². The zero-order valence-electron chi connectivity index (χ0n) is 16.3. The van der Waals surface area contributed by atoms with Gasteiger partial charge in [-0.3, -0.25) is 4.79 Å². The van der Waals surface area contributed by atoms with Gasteiger partial charge in [0.1, 0.15) is 6.61 Å². The van der Waals surface area contributed by atoms with Gasteiger partial charge < -0.3 is 19.2 Å². The molecule has 0 unspecified atom stereocenters. The third-order valence-electron chi connectivity index (χ3n) is 4.83. The molecule has 1 aliphatic carbocycles. The number of carbonyl (C=O) groups is 1. The van der Waals surface area contributed by atoms with Crippen molar-refractivity contribution in [3.05, 3.63) is 42.7 Å². The predicted octanol–water partition coefficient (Wildman–Crippen LogP) is 3.68. The van der Waals surface area contributed by atoms with Crippen LogP contribution in [0.15, 0.2) is 47.1 Å². The van der Waals surface area contributed by atoms with Crippen molar-refractivity contribution in [2.24, 2.45) is 5.92 Å². The normalized spacial score (nSPS) is 13.8. The maximum Gasteiger partial charge on any atom is 0.336 e. The number of carbonyl (C=O) groups excluding carboxylic acids is 1. The summed E-state index contributed by atoms with van der Waals surface area (Å²) in [5.74, 6) is 1.28. The van der Waals surface area contributed by atoms with E-state index >= 15 is 0 Å². The Balaban J connectivity index is 1.58. The molecule has 8 heteroatoms. The van der Waals surface area contributed by atoms with Gasteiger partial charge >= 0.3 is 6.01 Å². The molecule has 4 rings (SSSR count). The van der Waals surface area contributed by atoms with E-state index in [-0.39, 0.29) is 17.8 Å². The Kier molecular flexibility index (Phi) is 5.90. The van der Waals surface area contributed by atoms with Gasteiger partial charge in [-0.2, -0.15) is 4.98 Å². The van der Waals surface area contributed by atoms with Crippen LogP contribution in [0, 0.1) is 5.92 Å². The number of amides is 1. The van der Waals surface area contributed by atoms with Crippen molar-refractivity contribution in [2.45, 2.75) is 26.2 Å². The molecule has 0 radical (unpaired) electrons. The molecule has 3 aromatic rings. The van der Waals surface area contributed by atoms with Crippen LogP contribution in [0.25, 0.3) is 17.3 Å². The summed E-state index contributed by atoms with van der Waals surface area (Å²) < 4.78 is 18.1. The van der Waals surface area contributed by atoms with Crippen LogP contribution in [0.1, 0.15) is 26.2 Å². The Morgan fingerprint density at radius 2 is 2.17 bits per heavy atom. The van der Waals surface area contributed by atoms with Crippen molar-refractivity contribution in [3.63, 3.8) is 0 Å². The molecule has 1 amide bonds. The zero-order valence-corrected chi connectivity index (χ0v) is 16.3. The lowest BCUT2D eigenvalue weighted by Crippen LogP contribution is -2.28. The van der Waals surface area contributed by atoms with Crippen LogP contribution in [0.3, 0.4) is 0 Å². The van der Waals surface area contributed by atoms with Gasteiger partial charge in [-0.05, 0) is 50.1 Å². The molecule has 0 atom stereocenters. The highest BCUT2D eigenvalue weighted by Crippen LogP contribution is 2.29. The molecule has 1 aliphatic rings. The zero-order chi connectivity index (χ0) is 20.1. The van der Waals surface area contributed by atoms with E-state index < -0.39 is 0 Å². The molecule has 0 spiro atoms. The fraction of sp³-hybridized carbons (Fsp3) is 0.381. The summed E-state index contributed by atoms with van der Waals surface area (Å²) in [5.41, 5.74) is 1.47. The molecular weight excluding hydrogens is 372 g/mol. The average molecular weight is 396 g/mol. The molecule has 1 N–H and O–H groups in total. The SMILES string of the molecule is CCOCCOc1nc(-c2ccco2)n(-c2cccc(NC(=O)C3CCC3)c2)n1. The molecule has 2 heterocycles. The van der Waals surface area contributed by atoms with E-state index in [0.717, 1.165) is 30.6 Å². The van der Waals surface area contributed by atoms with Crippen molar-refractivity contribution in [1.82, 2.24) is 14.8 Å². The van der Waals surface area contributed by atoms with E-state index in [4.69, 9.17) is 13.9 Å². The first-order valence-corrected chi connectivity index (χ1v) is 9.87. The number of furan rings is 1. The van der Waals surface area contributed by atoms with E-state index in [0.29, 0.717) is 31.4 Å². The van der Waals surface area contributed by atoms with E-state index in [1.54, 1.807) is 17.0 Å². The number of hydrogen-bond acceptors (Lipinski definition) is 6. The number of rotatable bonds is 9. The van der Waals surface area contributed by atoms with Crippen LogP contribution in [-0.2, 0) is 9.53 Å². The molecule has 29 heavy (non-hydrogen) atoms. The number of nitrogens with one attached hydrogen (secondary N) is 1. The van der Waals surface area contributed by atoms with E-state index in [1.165, 1.54) is 0 Å². The van der Waals surface area contributed by atoms with Gasteiger partial charge in [0.15, 0.2) is 5.76 Å². The van der Waals surface area contributed by atoms with Gasteiger partial charge in [-0.1, -0.05) is 12.5 Å². The highest BCUT2D eigenvalue weighted by Gasteiger charge is 2.25. The first kappa shape index (κ1) is 19.2. The molecular formula is C21H24N4O4. The molecule has 0 saturated heterocycles. The molecule has 0 bridgehead atoms. The molecule has 1 aromatic carbocycles. The second-order valence-corrected chi connectivity index (χ2v) is 6.82. The summed E-state index contributed by atoms with van der Waals surface area (Å²) in [7, 11) is 0. The second kappa shape index (κ2) is 8.91. The highest BCUT2D eigenvalue weighted by atomic mass is 16.5. The Bertz CT molecular complexity index is 948. The van der Waals surface area contributed by atoms with Gasteiger partial charge in [-0.15, -0.1) is 5.10 Å². The molecule has 1 fully saturated rings. The van der Waals surface area contributed by atoms with Crippen molar-refractivity contribution in [2.75, 3.05) is 25.1 Å². The largest absolute Gasteiger partial charge is 0.461 e. The molecule has 8 nitrogen and oxygen atoms in total. The van der Waals surface area contributed by atoms with Crippen LogP contribution in [0.5, 0.6) is 6.01 Å². The molecule has 0 aliphatic heterocycles. The molecule has 2 aromatic heterocycles. The smallest absolute Gasteiger partial charge is 0.336 e. The van der Waals surface area contributed by atoms with Crippen LogP contribution in [0.4, 0.5) is 5.69 Å². The second-order valence-electron chi connectivity index (χ2n) is 6.82. The monoisotopic (exact) mass is 396 g/mol. The fourth-order valence-electron chi connectivity index (χ4n) is 3.07. The fourth-order valence-corrected chi connectivity index (χ4v) is 3.07. The summed E-state index contributed by atoms with van der Waals surface area (Å²) in [6.07, 6.45) is 4.62. The van der Waals surface area contributed by atoms with Gasteiger partial charge in [-0.25, -0.2) is 4.68 Å². The number of ether oxygens (including phenoxy) is 2. The maximum atomic E-state index is 12.3. The number of anilines is 1. The van der Waals surface area contributed by atoms with Crippen LogP contribution >= 0.6 is 0 Å². The summed E-state index contributed by atoms with van der Waals surface area (Å²) in [6.45, 7) is 3.37. The highest BCUT2D eigenvalue weighted by molar-refractivity contribution is 5.93. The van der Waals surface area contributed by atoms with E-state index in [2.05, 4.69) is 15.4 Å². The number of nitrogens with zero attached hydrogens (tertiary/aromatic N) is 3. The first-order valence-electron chi connectivity index (χ1n) is 9.87. The number of hydrogen-bond donors (Lipinski definition) is 1. The topological polar surface area (TPSA) is 91.4 Å². The third-order valence-corrected chi connectivity index (χ3v) is 4.83. The Morgan fingerprint density at radius 3 is 2.90 bits per heavy atom. The first-order chi connectivity index (χ1) is 14.2. The standard InChI is InChI=1S/C21H24N4O4/c1-2-27-12-13-29-21-23-19(18-10-5-11-28-18)25(24-21)17-9-4-8-16(14-17)22-20(26)15-6-3-7-15/h4-5,8-11,14-15H,2-3,6-7,12-13H2,1H3,(H,22,26). The minimum atomic E-state index is 0.0678. The Labute approximate surface area is 168 Å². The molecule has 152 valence electrons. The van der Waals surface area contributed by atoms with E-state index in [1.807, 2.05) is 37.3 Å². The number of aromatic nitrogens is 3. The van der Waals surface area contributed by atoms with E-state index in [9.17, 15) is 4.79 Å². The third kappa shape index (κ3) is 4.48. The van der Waals surface area contributed by atoms with Gasteiger partial charge in [0.2, 0.25) is 11.7 Å². The van der Waals surface area contributed by atoms with Gasteiger partial charge in [0, 0.05) is 18.2 Å². The van der Waals surface area contributed by atoms with Crippen molar-refractivity contribution in [3.8, 4) is 23.3 Å².